The first-order chi connectivity index (χ1) is 17.2. The average molecular weight is 550 g/mol. The van der Waals surface area contributed by atoms with Crippen molar-refractivity contribution in [1.29, 1.82) is 0 Å². The number of carbonyl (C=O) groups is 2. The Morgan fingerprint density at radius 1 is 0.946 bits per heavy atom. The van der Waals surface area contributed by atoms with Gasteiger partial charge in [0.25, 0.3) is 0 Å². The number of hydroxylamine groups is 2. The van der Waals surface area contributed by atoms with Gasteiger partial charge in [-0.15, -0.1) is 5.06 Å². The van der Waals surface area contributed by atoms with Crippen LogP contribution in [0.3, 0.4) is 0 Å². The highest BCUT2D eigenvalue weighted by atomic mass is 35.5. The topological polar surface area (TPSA) is 82.9 Å². The SMILES string of the molecule is CCc1nc2cc(Cl)c(Cl)cc2n1-c1ccc(CCN(OC(=O)OC(C)(C)C)C(=O)OC(C)(C)C)cc1. The summed E-state index contributed by atoms with van der Waals surface area (Å²) in [5, 5.41) is 1.80. The summed E-state index contributed by atoms with van der Waals surface area (Å²) in [7, 11) is 0. The van der Waals surface area contributed by atoms with Crippen LogP contribution in [0.2, 0.25) is 10.0 Å². The van der Waals surface area contributed by atoms with Crippen LogP contribution in [0.25, 0.3) is 16.7 Å². The Hall–Kier alpha value is -2.97. The predicted molar refractivity (Wildman–Crippen MR) is 144 cm³/mol. The molecular formula is C27H33Cl2N3O5. The fourth-order valence-corrected chi connectivity index (χ4v) is 3.85. The summed E-state index contributed by atoms with van der Waals surface area (Å²) in [5.41, 5.74) is 1.94. The molecule has 37 heavy (non-hydrogen) atoms. The van der Waals surface area contributed by atoms with Crippen molar-refractivity contribution in [2.24, 2.45) is 0 Å². The number of rotatable bonds is 5. The molecule has 0 radical (unpaired) electrons. The van der Waals surface area contributed by atoms with Crippen LogP contribution in [0.4, 0.5) is 9.59 Å². The van der Waals surface area contributed by atoms with Crippen molar-refractivity contribution in [1.82, 2.24) is 14.6 Å². The van der Waals surface area contributed by atoms with E-state index in [1.807, 2.05) is 41.8 Å². The number of imidazole rings is 1. The van der Waals surface area contributed by atoms with E-state index in [1.54, 1.807) is 47.6 Å². The molecule has 3 rings (SSSR count). The molecule has 0 atom stereocenters. The molecule has 0 bridgehead atoms. The van der Waals surface area contributed by atoms with Gasteiger partial charge in [0.15, 0.2) is 0 Å². The van der Waals surface area contributed by atoms with Crippen molar-refractivity contribution < 1.29 is 23.9 Å². The van der Waals surface area contributed by atoms with Gasteiger partial charge in [-0.3, -0.25) is 4.57 Å². The Balaban J connectivity index is 1.79. The van der Waals surface area contributed by atoms with E-state index in [0.29, 0.717) is 16.5 Å². The smallest absolute Gasteiger partial charge is 0.442 e. The highest BCUT2D eigenvalue weighted by Gasteiger charge is 2.28. The van der Waals surface area contributed by atoms with Gasteiger partial charge in [0.2, 0.25) is 0 Å². The number of halogens is 2. The molecule has 8 nitrogen and oxygen atoms in total. The normalized spacial score (nSPS) is 11.9. The van der Waals surface area contributed by atoms with Gasteiger partial charge in [-0.05, 0) is 77.8 Å². The summed E-state index contributed by atoms with van der Waals surface area (Å²) in [4.78, 5) is 34.8. The number of ether oxygens (including phenoxy) is 2. The molecule has 200 valence electrons. The van der Waals surface area contributed by atoms with Crippen molar-refractivity contribution in [3.63, 3.8) is 0 Å². The summed E-state index contributed by atoms with van der Waals surface area (Å²) in [6.07, 6.45) is -0.623. The highest BCUT2D eigenvalue weighted by Crippen LogP contribution is 2.30. The van der Waals surface area contributed by atoms with Gasteiger partial charge >= 0.3 is 12.2 Å². The van der Waals surface area contributed by atoms with Crippen LogP contribution >= 0.6 is 23.2 Å². The van der Waals surface area contributed by atoms with E-state index in [9.17, 15) is 9.59 Å². The molecule has 0 N–H and O–H groups in total. The summed E-state index contributed by atoms with van der Waals surface area (Å²) in [6.45, 7) is 12.5. The van der Waals surface area contributed by atoms with Gasteiger partial charge in [-0.2, -0.15) is 0 Å². The molecule has 0 aliphatic carbocycles. The first-order valence-corrected chi connectivity index (χ1v) is 12.8. The fourth-order valence-electron chi connectivity index (χ4n) is 3.54. The van der Waals surface area contributed by atoms with Crippen LogP contribution in [-0.2, 0) is 27.2 Å². The number of aryl methyl sites for hydroxylation is 1. The van der Waals surface area contributed by atoms with Crippen LogP contribution < -0.4 is 0 Å². The maximum atomic E-state index is 12.7. The standard InChI is InChI=1S/C27H33Cl2N3O5/c1-8-23-30-21-15-19(28)20(29)16-22(21)32(23)18-11-9-17(10-12-18)13-14-31(24(33)35-26(2,3)4)37-25(34)36-27(5,6)7/h9-12,15-16H,8,13-14H2,1-7H3. The second kappa shape index (κ2) is 11.2. The lowest BCUT2D eigenvalue weighted by atomic mass is 10.1. The molecular weight excluding hydrogens is 517 g/mol. The van der Waals surface area contributed by atoms with Gasteiger partial charge < -0.3 is 14.3 Å². The molecule has 0 saturated carbocycles. The van der Waals surface area contributed by atoms with E-state index >= 15 is 0 Å². The molecule has 1 aromatic heterocycles. The molecule has 2 aromatic carbocycles. The Morgan fingerprint density at radius 3 is 2.11 bits per heavy atom. The lowest BCUT2D eigenvalue weighted by molar-refractivity contribution is -0.135. The average Bonchev–Trinajstić information content (AvgIpc) is 3.12. The van der Waals surface area contributed by atoms with E-state index in [2.05, 4.69) is 0 Å². The van der Waals surface area contributed by atoms with E-state index in [-0.39, 0.29) is 6.54 Å². The summed E-state index contributed by atoms with van der Waals surface area (Å²) >= 11 is 12.5. The van der Waals surface area contributed by atoms with Gasteiger partial charge in [0, 0.05) is 12.1 Å². The monoisotopic (exact) mass is 549 g/mol. The molecule has 1 amide bonds. The minimum atomic E-state index is -0.980. The zero-order valence-electron chi connectivity index (χ0n) is 22.2. The number of aromatic nitrogens is 2. The Labute approximate surface area is 227 Å². The maximum absolute atomic E-state index is 12.7. The van der Waals surface area contributed by atoms with E-state index in [0.717, 1.165) is 39.6 Å². The highest BCUT2D eigenvalue weighted by molar-refractivity contribution is 6.42. The summed E-state index contributed by atoms with van der Waals surface area (Å²) < 4.78 is 12.6. The minimum Gasteiger partial charge on any atom is -0.442 e. The first-order valence-electron chi connectivity index (χ1n) is 12.0. The molecule has 0 unspecified atom stereocenters. The number of benzene rings is 2. The maximum Gasteiger partial charge on any atom is 0.534 e. The fraction of sp³-hybridized carbons (Fsp3) is 0.444. The molecule has 10 heteroatoms. The second-order valence-corrected chi connectivity index (χ2v) is 11.3. The lowest BCUT2D eigenvalue weighted by Crippen LogP contribution is -2.40. The third kappa shape index (κ3) is 7.76. The number of hydrogen-bond donors (Lipinski definition) is 0. The van der Waals surface area contributed by atoms with Gasteiger partial charge in [0.1, 0.15) is 17.0 Å². The van der Waals surface area contributed by atoms with Crippen LogP contribution in [-0.4, -0.2) is 44.6 Å². The van der Waals surface area contributed by atoms with Gasteiger partial charge in [0.05, 0.1) is 27.6 Å². The molecule has 0 aliphatic rings. The van der Waals surface area contributed by atoms with Crippen LogP contribution in [0.5, 0.6) is 0 Å². The summed E-state index contributed by atoms with van der Waals surface area (Å²) in [6, 6.07) is 11.4. The Morgan fingerprint density at radius 2 is 1.54 bits per heavy atom. The van der Waals surface area contributed by atoms with Gasteiger partial charge in [-0.25, -0.2) is 14.6 Å². The zero-order valence-corrected chi connectivity index (χ0v) is 23.7. The third-order valence-electron chi connectivity index (χ3n) is 5.05. The van der Waals surface area contributed by atoms with Crippen molar-refractivity contribution in [3.05, 3.63) is 57.8 Å². The lowest BCUT2D eigenvalue weighted by Gasteiger charge is -2.27. The number of hydrogen-bond acceptors (Lipinski definition) is 6. The van der Waals surface area contributed by atoms with E-state index in [4.69, 9.17) is 42.5 Å². The molecule has 0 spiro atoms. The van der Waals surface area contributed by atoms with E-state index in [1.165, 1.54) is 0 Å². The first kappa shape index (κ1) is 28.6. The van der Waals surface area contributed by atoms with Crippen LogP contribution in [0.1, 0.15) is 59.9 Å². The molecule has 1 heterocycles. The van der Waals surface area contributed by atoms with Crippen molar-refractivity contribution in [3.8, 4) is 5.69 Å². The van der Waals surface area contributed by atoms with E-state index < -0.39 is 23.5 Å². The van der Waals surface area contributed by atoms with Crippen LogP contribution in [0, 0.1) is 0 Å². The van der Waals surface area contributed by atoms with Crippen molar-refractivity contribution in [2.75, 3.05) is 6.54 Å². The molecule has 0 aliphatic heterocycles. The number of amides is 1. The molecule has 0 fully saturated rings. The van der Waals surface area contributed by atoms with Gasteiger partial charge in [-0.1, -0.05) is 42.3 Å². The number of fused-ring (bicyclic) bond motifs is 1. The Kier molecular flexibility index (Phi) is 8.65. The van der Waals surface area contributed by atoms with Crippen molar-refractivity contribution in [2.45, 2.75) is 72.5 Å². The molecule has 0 saturated heterocycles. The Bertz CT molecular complexity index is 1270. The zero-order chi connectivity index (χ0) is 27.5. The summed E-state index contributed by atoms with van der Waals surface area (Å²) in [5.74, 6) is 0.878. The number of nitrogens with zero attached hydrogens (tertiary/aromatic N) is 3. The number of carbonyl (C=O) groups excluding carboxylic acids is 2. The largest absolute Gasteiger partial charge is 0.534 e. The molecule has 3 aromatic rings. The van der Waals surface area contributed by atoms with Crippen molar-refractivity contribution >= 4 is 46.5 Å². The quantitative estimate of drug-likeness (QED) is 0.241. The second-order valence-electron chi connectivity index (χ2n) is 10.5. The third-order valence-corrected chi connectivity index (χ3v) is 5.77. The predicted octanol–water partition coefficient (Wildman–Crippen LogP) is 7.54. The minimum absolute atomic E-state index is 0.0792. The van der Waals surface area contributed by atoms with Crippen LogP contribution in [0.15, 0.2) is 36.4 Å².